The van der Waals surface area contributed by atoms with Crippen LogP contribution in [0.2, 0.25) is 0 Å². The smallest absolute Gasteiger partial charge is 0.248 e. The molecule has 7 rings (SSSR count). The average molecular weight is 641 g/mol. The quantitative estimate of drug-likeness (QED) is 0.376. The molecule has 2 fully saturated rings. The molecule has 7 atom stereocenters. The lowest BCUT2D eigenvalue weighted by atomic mass is 9.74. The Labute approximate surface area is 273 Å². The maximum absolute atomic E-state index is 14.9. The van der Waals surface area contributed by atoms with Crippen LogP contribution in [0.5, 0.6) is 0 Å². The molecule has 46 heavy (non-hydrogen) atoms. The van der Waals surface area contributed by atoms with E-state index in [0.29, 0.717) is 19.6 Å². The van der Waals surface area contributed by atoms with Gasteiger partial charge in [-0.1, -0.05) is 92.3 Å². The van der Waals surface area contributed by atoms with Crippen LogP contribution in [-0.2, 0) is 27.6 Å². The summed E-state index contributed by atoms with van der Waals surface area (Å²) in [6.45, 7) is 7.14. The lowest BCUT2D eigenvalue weighted by Gasteiger charge is -2.41. The number of rotatable bonds is 8. The highest BCUT2D eigenvalue weighted by Crippen LogP contribution is 2.66. The van der Waals surface area contributed by atoms with Gasteiger partial charge in [0.1, 0.15) is 18.2 Å². The molecule has 3 aromatic rings. The molecule has 5 heterocycles. The fourth-order valence-electron chi connectivity index (χ4n) is 7.99. The highest BCUT2D eigenvalue weighted by atomic mass is 32.2. The molecule has 1 aromatic heterocycles. The van der Waals surface area contributed by atoms with Crippen molar-refractivity contribution in [3.05, 3.63) is 84.5 Å². The zero-order valence-electron chi connectivity index (χ0n) is 26.4. The van der Waals surface area contributed by atoms with Crippen LogP contribution in [0.3, 0.4) is 0 Å². The van der Waals surface area contributed by atoms with Crippen LogP contribution in [0.15, 0.2) is 78.9 Å². The first-order chi connectivity index (χ1) is 22.2. The van der Waals surface area contributed by atoms with Crippen LogP contribution in [0.1, 0.15) is 32.8 Å². The molecule has 0 aliphatic carbocycles. The van der Waals surface area contributed by atoms with Gasteiger partial charge in [0.25, 0.3) is 0 Å². The van der Waals surface area contributed by atoms with E-state index in [2.05, 4.69) is 16.4 Å². The molecule has 240 valence electrons. The SMILES string of the molecule is CC[C@H](C)[C@H](CO)N1C(=O)[C@@H]2[C@@H]3C(=O)N(Cc4ccccc4)CC=C[C@]3(C)S[C@@]23C=CCN(Cn2nnc4ccccc42)C(=O)C13. The van der Waals surface area contributed by atoms with Gasteiger partial charge < -0.3 is 19.8 Å². The predicted molar refractivity (Wildman–Crippen MR) is 176 cm³/mol. The lowest BCUT2D eigenvalue weighted by Crippen LogP contribution is -2.58. The summed E-state index contributed by atoms with van der Waals surface area (Å²) in [5.41, 5.74) is 2.56. The van der Waals surface area contributed by atoms with Gasteiger partial charge in [0, 0.05) is 24.4 Å². The number of amides is 3. The number of likely N-dealkylation sites (tertiary alicyclic amines) is 1. The molecule has 1 unspecified atom stereocenters. The molecular formula is C35H40N6O4S. The van der Waals surface area contributed by atoms with Crippen molar-refractivity contribution in [1.82, 2.24) is 29.7 Å². The van der Waals surface area contributed by atoms with Crippen LogP contribution in [0.4, 0.5) is 0 Å². The van der Waals surface area contributed by atoms with Crippen LogP contribution in [-0.4, -0.2) is 93.8 Å². The Morgan fingerprint density at radius 1 is 0.935 bits per heavy atom. The number of hydrogen-bond acceptors (Lipinski definition) is 7. The monoisotopic (exact) mass is 640 g/mol. The number of aliphatic hydroxyl groups is 1. The first-order valence-electron chi connectivity index (χ1n) is 16.1. The summed E-state index contributed by atoms with van der Waals surface area (Å²) < 4.78 is 0.000194. The third-order valence-corrected chi connectivity index (χ3v) is 12.2. The average Bonchev–Trinajstić information content (AvgIpc) is 3.59. The van der Waals surface area contributed by atoms with Gasteiger partial charge >= 0.3 is 0 Å². The molecule has 1 N–H and O–H groups in total. The van der Waals surface area contributed by atoms with E-state index in [1.54, 1.807) is 26.2 Å². The molecule has 1 spiro atoms. The molecule has 4 aliphatic rings. The number of carbonyl (C=O) groups is 3. The molecule has 0 radical (unpaired) electrons. The number of aliphatic hydroxyl groups excluding tert-OH is 1. The number of para-hydroxylation sites is 1. The van der Waals surface area contributed by atoms with Crippen molar-refractivity contribution < 1.29 is 19.5 Å². The molecule has 3 amide bonds. The standard InChI is InChI=1S/C35H40N6O4S/c1-4-23(2)27(21-42)41-30-33(45)39(22-40-26-15-9-8-14-25(26)36-37-40)19-11-17-35(30)29(32(41)44)28-31(43)38(18-10-16-34(28,3)46-35)20-24-12-6-5-7-13-24/h5-17,23,27-30,42H,4,18-22H2,1-3H3/t23-,27-,28+,29-,30?,34-,35-/m0/s1. The first-order valence-corrected chi connectivity index (χ1v) is 16.9. The predicted octanol–water partition coefficient (Wildman–Crippen LogP) is 3.48. The van der Waals surface area contributed by atoms with Gasteiger partial charge in [-0.25, -0.2) is 4.68 Å². The molecule has 2 aromatic carbocycles. The van der Waals surface area contributed by atoms with E-state index in [4.69, 9.17) is 0 Å². The number of hydrogen-bond donors (Lipinski definition) is 1. The van der Waals surface area contributed by atoms with E-state index in [9.17, 15) is 19.5 Å². The minimum Gasteiger partial charge on any atom is -0.394 e. The Hall–Kier alpha value is -3.96. The summed E-state index contributed by atoms with van der Waals surface area (Å²) in [6, 6.07) is 16.0. The van der Waals surface area contributed by atoms with Crippen molar-refractivity contribution in [1.29, 1.82) is 0 Å². The van der Waals surface area contributed by atoms with Crippen molar-refractivity contribution in [2.75, 3.05) is 19.7 Å². The summed E-state index contributed by atoms with van der Waals surface area (Å²) in [5, 5.41) is 19.3. The maximum Gasteiger partial charge on any atom is 0.248 e. The summed E-state index contributed by atoms with van der Waals surface area (Å²) >= 11 is 1.56. The Morgan fingerprint density at radius 3 is 2.41 bits per heavy atom. The second-order valence-corrected chi connectivity index (χ2v) is 15.0. The summed E-state index contributed by atoms with van der Waals surface area (Å²) in [4.78, 5) is 49.6. The van der Waals surface area contributed by atoms with Gasteiger partial charge in [0.15, 0.2) is 0 Å². The lowest BCUT2D eigenvalue weighted by molar-refractivity contribution is -0.149. The third kappa shape index (κ3) is 4.69. The van der Waals surface area contributed by atoms with E-state index in [1.165, 1.54) is 0 Å². The van der Waals surface area contributed by atoms with Gasteiger partial charge in [-0.05, 0) is 30.5 Å². The van der Waals surface area contributed by atoms with Crippen molar-refractivity contribution in [2.24, 2.45) is 17.8 Å². The highest BCUT2D eigenvalue weighted by Gasteiger charge is 2.74. The highest BCUT2D eigenvalue weighted by molar-refractivity contribution is 8.02. The second kappa shape index (κ2) is 11.7. The molecule has 10 nitrogen and oxygen atoms in total. The van der Waals surface area contributed by atoms with Crippen molar-refractivity contribution in [3.8, 4) is 0 Å². The first kappa shape index (κ1) is 30.7. The fraction of sp³-hybridized carbons (Fsp3) is 0.457. The fourth-order valence-corrected chi connectivity index (χ4v) is 10.1. The zero-order chi connectivity index (χ0) is 32.2. The van der Waals surface area contributed by atoms with E-state index in [-0.39, 0.29) is 36.9 Å². The Balaban J connectivity index is 1.31. The second-order valence-electron chi connectivity index (χ2n) is 13.2. The summed E-state index contributed by atoms with van der Waals surface area (Å²) in [6.07, 6.45) is 8.82. The van der Waals surface area contributed by atoms with Crippen LogP contribution in [0, 0.1) is 17.8 Å². The van der Waals surface area contributed by atoms with Gasteiger partial charge in [-0.2, -0.15) is 0 Å². The van der Waals surface area contributed by atoms with Crippen LogP contribution >= 0.6 is 11.8 Å². The minimum atomic E-state index is -0.997. The van der Waals surface area contributed by atoms with Crippen LogP contribution < -0.4 is 0 Å². The van der Waals surface area contributed by atoms with Crippen molar-refractivity contribution in [2.45, 2.75) is 62.0 Å². The largest absolute Gasteiger partial charge is 0.394 e. The Kier molecular flexibility index (Phi) is 7.79. The van der Waals surface area contributed by atoms with E-state index in [1.807, 2.05) is 98.5 Å². The number of aromatic nitrogens is 3. The Morgan fingerprint density at radius 2 is 1.65 bits per heavy atom. The Bertz CT molecular complexity index is 1730. The number of carbonyl (C=O) groups excluding carboxylic acids is 3. The molecule has 0 saturated carbocycles. The van der Waals surface area contributed by atoms with E-state index < -0.39 is 33.4 Å². The summed E-state index contributed by atoms with van der Waals surface area (Å²) in [5.74, 6) is -2.05. The van der Waals surface area contributed by atoms with Crippen LogP contribution in [0.25, 0.3) is 11.0 Å². The molecule has 4 aliphatic heterocycles. The topological polar surface area (TPSA) is 112 Å². The van der Waals surface area contributed by atoms with E-state index in [0.717, 1.165) is 23.0 Å². The number of nitrogens with zero attached hydrogens (tertiary/aromatic N) is 6. The molecule has 2 saturated heterocycles. The minimum absolute atomic E-state index is 0.0618. The number of benzene rings is 2. The number of fused-ring (bicyclic) bond motifs is 3. The normalized spacial score (nSPS) is 30.3. The van der Waals surface area contributed by atoms with Crippen molar-refractivity contribution in [3.63, 3.8) is 0 Å². The number of thioether (sulfide) groups is 1. The van der Waals surface area contributed by atoms with Crippen molar-refractivity contribution >= 4 is 40.5 Å². The van der Waals surface area contributed by atoms with Gasteiger partial charge in [0.2, 0.25) is 17.7 Å². The molecule has 11 heteroatoms. The van der Waals surface area contributed by atoms with Gasteiger partial charge in [-0.3, -0.25) is 14.4 Å². The maximum atomic E-state index is 14.9. The van der Waals surface area contributed by atoms with Gasteiger partial charge in [-0.15, -0.1) is 16.9 Å². The molecular weight excluding hydrogens is 600 g/mol. The zero-order valence-corrected chi connectivity index (χ0v) is 27.2. The van der Waals surface area contributed by atoms with Gasteiger partial charge in [0.05, 0.1) is 34.7 Å². The van der Waals surface area contributed by atoms with E-state index >= 15 is 0 Å². The molecule has 0 bridgehead atoms. The summed E-state index contributed by atoms with van der Waals surface area (Å²) in [7, 11) is 0. The third-order valence-electron chi connectivity index (χ3n) is 10.4.